The molecule has 1 fully saturated rings. The quantitative estimate of drug-likeness (QED) is 0.670. The normalized spacial score (nSPS) is 18.9. The minimum Gasteiger partial charge on any atom is -0.342 e. The first-order valence-corrected chi connectivity index (χ1v) is 12.9. The summed E-state index contributed by atoms with van der Waals surface area (Å²) in [6.45, 7) is 2.71. The monoisotopic (exact) mass is 442 g/mol. The van der Waals surface area contributed by atoms with Crippen molar-refractivity contribution in [2.24, 2.45) is 5.14 Å². The number of nitrogens with two attached hydrogens (primary N) is 1. The number of nitrogens with zero attached hydrogens (tertiary/aromatic N) is 3. The van der Waals surface area contributed by atoms with E-state index in [-0.39, 0.29) is 34.8 Å². The van der Waals surface area contributed by atoms with Crippen LogP contribution in [0.2, 0.25) is 0 Å². The molecule has 0 aliphatic carbocycles. The Morgan fingerprint density at radius 1 is 1.38 bits per heavy atom. The summed E-state index contributed by atoms with van der Waals surface area (Å²) < 4.78 is 48.5. The van der Waals surface area contributed by atoms with E-state index in [9.17, 15) is 21.6 Å². The van der Waals surface area contributed by atoms with Gasteiger partial charge in [-0.1, -0.05) is 6.92 Å². The van der Waals surface area contributed by atoms with E-state index in [4.69, 9.17) is 5.14 Å². The van der Waals surface area contributed by atoms with Gasteiger partial charge in [-0.15, -0.1) is 0 Å². The lowest BCUT2D eigenvalue weighted by Crippen LogP contribution is -2.38. The number of fused-ring (bicyclic) bond motifs is 1. The lowest BCUT2D eigenvalue weighted by Gasteiger charge is -2.23. The van der Waals surface area contributed by atoms with E-state index in [0.717, 1.165) is 11.9 Å². The van der Waals surface area contributed by atoms with Crippen molar-refractivity contribution in [3.05, 3.63) is 24.0 Å². The SMILES string of the molecule is CCCn1c(CCC(=O)N(C)C2CCS(=O)(=O)C2)nc2cc(S(N)(=O)=O)ccc21. The molecule has 0 spiro atoms. The van der Waals surface area contributed by atoms with Gasteiger partial charge in [-0.05, 0) is 31.0 Å². The molecule has 1 aliphatic rings. The maximum atomic E-state index is 12.6. The van der Waals surface area contributed by atoms with Crippen LogP contribution < -0.4 is 5.14 Å². The van der Waals surface area contributed by atoms with E-state index in [0.29, 0.717) is 30.7 Å². The standard InChI is InChI=1S/C18H26N4O5S2/c1-3-9-22-16-5-4-14(29(19,26)27)11-15(16)20-17(22)6-7-18(23)21(2)13-8-10-28(24,25)12-13/h4-5,11,13H,3,6-10,12H2,1-2H3,(H2,19,26,27). The third-order valence-electron chi connectivity index (χ3n) is 5.29. The third-order valence-corrected chi connectivity index (χ3v) is 7.95. The molecule has 1 aromatic carbocycles. The van der Waals surface area contributed by atoms with Gasteiger partial charge in [0.15, 0.2) is 9.84 Å². The second-order valence-electron chi connectivity index (χ2n) is 7.44. The Labute approximate surface area is 170 Å². The molecule has 3 rings (SSSR count). The summed E-state index contributed by atoms with van der Waals surface area (Å²) in [7, 11) is -5.24. The zero-order valence-corrected chi connectivity index (χ0v) is 18.2. The lowest BCUT2D eigenvalue weighted by atomic mass is 10.2. The van der Waals surface area contributed by atoms with Crippen molar-refractivity contribution in [1.29, 1.82) is 0 Å². The van der Waals surface area contributed by atoms with Gasteiger partial charge in [0.05, 0.1) is 27.4 Å². The molecule has 1 atom stereocenters. The summed E-state index contributed by atoms with van der Waals surface area (Å²) >= 11 is 0. The fourth-order valence-electron chi connectivity index (χ4n) is 3.68. The molecule has 0 bridgehead atoms. The Morgan fingerprint density at radius 3 is 2.69 bits per heavy atom. The van der Waals surface area contributed by atoms with Gasteiger partial charge in [0, 0.05) is 32.5 Å². The second kappa shape index (κ2) is 8.04. The molecular formula is C18H26N4O5S2. The molecular weight excluding hydrogens is 416 g/mol. The van der Waals surface area contributed by atoms with Crippen LogP contribution in [0.4, 0.5) is 0 Å². The van der Waals surface area contributed by atoms with E-state index < -0.39 is 19.9 Å². The van der Waals surface area contributed by atoms with Crippen LogP contribution in [0.25, 0.3) is 11.0 Å². The molecule has 2 N–H and O–H groups in total. The molecule has 11 heteroatoms. The topological polar surface area (TPSA) is 132 Å². The molecule has 2 aromatic rings. The van der Waals surface area contributed by atoms with E-state index in [1.165, 1.54) is 17.0 Å². The number of benzene rings is 1. The first-order valence-electron chi connectivity index (χ1n) is 9.50. The number of imidazole rings is 1. The Balaban J connectivity index is 1.80. The maximum absolute atomic E-state index is 12.6. The molecule has 0 radical (unpaired) electrons. The number of sulfone groups is 1. The number of carbonyl (C=O) groups excluding carboxylic acids is 1. The minimum absolute atomic E-state index is 0.00375. The Kier molecular flexibility index (Phi) is 6.02. The number of sulfonamides is 1. The number of aryl methyl sites for hydroxylation is 2. The van der Waals surface area contributed by atoms with Gasteiger partial charge in [0.1, 0.15) is 5.82 Å². The molecule has 1 amide bonds. The summed E-state index contributed by atoms with van der Waals surface area (Å²) in [6.07, 6.45) is 1.89. The van der Waals surface area contributed by atoms with Crippen molar-refractivity contribution in [2.75, 3.05) is 18.6 Å². The first-order chi connectivity index (χ1) is 13.5. The predicted octanol–water partition coefficient (Wildman–Crippen LogP) is 0.672. The highest BCUT2D eigenvalue weighted by Crippen LogP contribution is 2.22. The molecule has 2 heterocycles. The Hall–Kier alpha value is -1.98. The van der Waals surface area contributed by atoms with Crippen molar-refractivity contribution < 1.29 is 21.6 Å². The van der Waals surface area contributed by atoms with Crippen LogP contribution in [0.15, 0.2) is 23.1 Å². The number of aromatic nitrogens is 2. The summed E-state index contributed by atoms with van der Waals surface area (Å²) in [5, 5.41) is 5.21. The van der Waals surface area contributed by atoms with Crippen LogP contribution in [-0.2, 0) is 37.6 Å². The van der Waals surface area contributed by atoms with Crippen LogP contribution in [0.5, 0.6) is 0 Å². The summed E-state index contributed by atoms with van der Waals surface area (Å²) in [5.41, 5.74) is 1.31. The van der Waals surface area contributed by atoms with E-state index in [2.05, 4.69) is 4.98 Å². The van der Waals surface area contributed by atoms with Crippen LogP contribution in [0.3, 0.4) is 0 Å². The summed E-state index contributed by atoms with van der Waals surface area (Å²) in [6, 6.07) is 4.30. The summed E-state index contributed by atoms with van der Waals surface area (Å²) in [4.78, 5) is 18.6. The molecule has 1 aromatic heterocycles. The van der Waals surface area contributed by atoms with Gasteiger partial charge in [-0.2, -0.15) is 0 Å². The highest BCUT2D eigenvalue weighted by molar-refractivity contribution is 7.91. The summed E-state index contributed by atoms with van der Waals surface area (Å²) in [5.74, 6) is 0.690. The fraction of sp³-hybridized carbons (Fsp3) is 0.556. The minimum atomic E-state index is -3.83. The van der Waals surface area contributed by atoms with E-state index in [1.54, 1.807) is 13.1 Å². The zero-order chi connectivity index (χ0) is 21.4. The molecule has 1 saturated heterocycles. The predicted molar refractivity (Wildman–Crippen MR) is 110 cm³/mol. The molecule has 29 heavy (non-hydrogen) atoms. The van der Waals surface area contributed by atoms with Crippen molar-refractivity contribution in [2.45, 2.75) is 50.1 Å². The van der Waals surface area contributed by atoms with Gasteiger partial charge in [0.25, 0.3) is 0 Å². The second-order valence-corrected chi connectivity index (χ2v) is 11.2. The number of primary sulfonamides is 1. The van der Waals surface area contributed by atoms with Crippen LogP contribution in [0.1, 0.15) is 32.0 Å². The number of rotatable bonds is 7. The number of hydrogen-bond donors (Lipinski definition) is 1. The lowest BCUT2D eigenvalue weighted by molar-refractivity contribution is -0.131. The number of amides is 1. The average molecular weight is 443 g/mol. The van der Waals surface area contributed by atoms with Crippen LogP contribution in [-0.4, -0.2) is 61.8 Å². The average Bonchev–Trinajstić information content (AvgIpc) is 3.18. The fourth-order valence-corrected chi connectivity index (χ4v) is 5.99. The van der Waals surface area contributed by atoms with Crippen LogP contribution in [0, 0.1) is 0 Å². The Bertz CT molecular complexity index is 1140. The smallest absolute Gasteiger partial charge is 0.238 e. The van der Waals surface area contributed by atoms with Crippen molar-refractivity contribution in [3.8, 4) is 0 Å². The highest BCUT2D eigenvalue weighted by atomic mass is 32.2. The number of hydrogen-bond acceptors (Lipinski definition) is 6. The molecule has 0 saturated carbocycles. The van der Waals surface area contributed by atoms with Gasteiger partial charge in [-0.3, -0.25) is 4.79 Å². The molecule has 9 nitrogen and oxygen atoms in total. The van der Waals surface area contributed by atoms with Crippen molar-refractivity contribution >= 4 is 36.8 Å². The van der Waals surface area contributed by atoms with Gasteiger partial charge in [-0.25, -0.2) is 27.0 Å². The van der Waals surface area contributed by atoms with Gasteiger partial charge in [0.2, 0.25) is 15.9 Å². The third kappa shape index (κ3) is 4.78. The van der Waals surface area contributed by atoms with Gasteiger partial charge < -0.3 is 9.47 Å². The molecule has 160 valence electrons. The largest absolute Gasteiger partial charge is 0.342 e. The van der Waals surface area contributed by atoms with Gasteiger partial charge >= 0.3 is 0 Å². The maximum Gasteiger partial charge on any atom is 0.238 e. The molecule has 1 unspecified atom stereocenters. The highest BCUT2D eigenvalue weighted by Gasteiger charge is 2.32. The molecule has 1 aliphatic heterocycles. The number of carbonyl (C=O) groups is 1. The van der Waals surface area contributed by atoms with Crippen molar-refractivity contribution in [3.63, 3.8) is 0 Å². The van der Waals surface area contributed by atoms with E-state index in [1.807, 2.05) is 11.5 Å². The Morgan fingerprint density at radius 2 is 2.10 bits per heavy atom. The first kappa shape index (κ1) is 21.7. The van der Waals surface area contributed by atoms with Crippen molar-refractivity contribution in [1.82, 2.24) is 14.5 Å². The zero-order valence-electron chi connectivity index (χ0n) is 16.5. The van der Waals surface area contributed by atoms with E-state index >= 15 is 0 Å². The van der Waals surface area contributed by atoms with Crippen LogP contribution >= 0.6 is 0 Å².